The normalized spacial score (nSPS) is 11.0. The Bertz CT molecular complexity index is 2910. The Morgan fingerprint density at radius 3 is 1.32 bits per heavy atom. The van der Waals surface area contributed by atoms with Gasteiger partial charge in [0, 0.05) is 68.4 Å². The highest BCUT2D eigenvalue weighted by Crippen LogP contribution is 2.55. The Morgan fingerprint density at radius 2 is 0.919 bits per heavy atom. The fraction of sp³-hybridized carbons (Fsp3) is 0.111. The van der Waals surface area contributed by atoms with Crippen molar-refractivity contribution in [2.24, 2.45) is 0 Å². The Balaban J connectivity index is 1.27. The molecule has 0 aliphatic carbocycles. The SMILES string of the molecule is C=CC(=O)OCCc1ccc(N(c2ccc(CC)cc2)c2sc(-c3sc(N(c4ccc(CC)cc4)c4ccc(C(=C)OC(=O)C=C)cc4)c4ccccc34)c3ccccc23)cc1. The quantitative estimate of drug-likeness (QED) is 0.0548. The molecule has 0 radical (unpaired) electrons. The topological polar surface area (TPSA) is 59.1 Å². The van der Waals surface area contributed by atoms with Gasteiger partial charge < -0.3 is 19.3 Å². The lowest BCUT2D eigenvalue weighted by Gasteiger charge is -2.25. The average Bonchev–Trinajstić information content (AvgIpc) is 3.89. The Labute approximate surface area is 370 Å². The molecule has 0 saturated carbocycles. The number of hydrogen-bond donors (Lipinski definition) is 0. The summed E-state index contributed by atoms with van der Waals surface area (Å²) < 4.78 is 10.6. The van der Waals surface area contributed by atoms with Crippen LogP contribution in [0.15, 0.2) is 177 Å². The van der Waals surface area contributed by atoms with Crippen molar-refractivity contribution in [1.29, 1.82) is 0 Å². The lowest BCUT2D eigenvalue weighted by molar-refractivity contribution is -0.137. The van der Waals surface area contributed by atoms with Gasteiger partial charge in [-0.1, -0.05) is 119 Å². The minimum atomic E-state index is -0.547. The van der Waals surface area contributed by atoms with Crippen LogP contribution in [0.2, 0.25) is 0 Å². The summed E-state index contributed by atoms with van der Waals surface area (Å²) in [5.41, 5.74) is 8.41. The number of ether oxygens (including phenoxy) is 2. The zero-order chi connectivity index (χ0) is 43.2. The number of rotatable bonds is 16. The lowest BCUT2D eigenvalue weighted by atomic mass is 10.1. The molecule has 6 aromatic carbocycles. The standard InChI is InChI=1S/C54H46N2O4S2/c1-6-37-18-26-41(27-19-37)55(43-30-22-39(23-31-43)34-35-59-49(57)8-3)53-47-16-12-10-14-45(47)51(61-53)52-46-15-11-13-17-48(46)54(62-52)56(42-28-20-38(7-2)21-29-42)44-32-24-40(25-33-44)36(5)60-50(58)9-4/h8-33H,3-7,34-35H2,1-2H3. The molecule has 0 atom stereocenters. The molecular weight excluding hydrogens is 805 g/mol. The minimum Gasteiger partial charge on any atom is -0.462 e. The number of thiophene rings is 2. The van der Waals surface area contributed by atoms with Crippen LogP contribution in [0.4, 0.5) is 32.8 Å². The van der Waals surface area contributed by atoms with Crippen molar-refractivity contribution >= 4 is 94.7 Å². The van der Waals surface area contributed by atoms with Crippen LogP contribution in [0.3, 0.4) is 0 Å². The second kappa shape index (κ2) is 18.7. The third-order valence-electron chi connectivity index (χ3n) is 10.9. The number of anilines is 6. The largest absolute Gasteiger partial charge is 0.462 e. The van der Waals surface area contributed by atoms with Crippen molar-refractivity contribution in [3.8, 4) is 9.75 Å². The predicted octanol–water partition coefficient (Wildman–Crippen LogP) is 14.8. The molecule has 0 amide bonds. The highest BCUT2D eigenvalue weighted by Gasteiger charge is 2.26. The number of nitrogens with zero attached hydrogens (tertiary/aromatic N) is 2. The van der Waals surface area contributed by atoms with Crippen LogP contribution in [-0.4, -0.2) is 18.5 Å². The summed E-state index contributed by atoms with van der Waals surface area (Å²) in [5.74, 6) is -0.698. The van der Waals surface area contributed by atoms with E-state index >= 15 is 0 Å². The zero-order valence-electron chi connectivity index (χ0n) is 34.8. The van der Waals surface area contributed by atoms with Gasteiger partial charge in [-0.2, -0.15) is 0 Å². The third kappa shape index (κ3) is 8.61. The maximum atomic E-state index is 12.0. The van der Waals surface area contributed by atoms with Gasteiger partial charge in [-0.3, -0.25) is 0 Å². The number of fused-ring (bicyclic) bond motifs is 2. The zero-order valence-corrected chi connectivity index (χ0v) is 36.4. The van der Waals surface area contributed by atoms with E-state index in [1.165, 1.54) is 37.7 Å². The summed E-state index contributed by atoms with van der Waals surface area (Å²) in [5, 5.41) is 6.85. The molecule has 0 unspecified atom stereocenters. The molecule has 2 aromatic heterocycles. The number of carbonyl (C=O) groups is 2. The molecule has 0 spiro atoms. The summed E-state index contributed by atoms with van der Waals surface area (Å²) in [6, 6.07) is 51.4. The number of esters is 2. The molecule has 0 aliphatic rings. The van der Waals surface area contributed by atoms with Crippen molar-refractivity contribution in [3.05, 3.63) is 200 Å². The van der Waals surface area contributed by atoms with Crippen molar-refractivity contribution in [1.82, 2.24) is 0 Å². The first-order valence-corrected chi connectivity index (χ1v) is 22.3. The highest BCUT2D eigenvalue weighted by molar-refractivity contribution is 7.28. The van der Waals surface area contributed by atoms with Crippen molar-refractivity contribution in [3.63, 3.8) is 0 Å². The van der Waals surface area contributed by atoms with Crippen molar-refractivity contribution in [2.75, 3.05) is 16.4 Å². The van der Waals surface area contributed by atoms with Crippen molar-refractivity contribution < 1.29 is 19.1 Å². The van der Waals surface area contributed by atoms with Gasteiger partial charge in [0.25, 0.3) is 0 Å². The van der Waals surface area contributed by atoms with Gasteiger partial charge in [-0.15, -0.1) is 22.7 Å². The Morgan fingerprint density at radius 1 is 0.532 bits per heavy atom. The van der Waals surface area contributed by atoms with Crippen LogP contribution in [0.25, 0.3) is 37.1 Å². The van der Waals surface area contributed by atoms with E-state index in [1.54, 1.807) is 22.7 Å². The van der Waals surface area contributed by atoms with Gasteiger partial charge in [0.05, 0.1) is 16.4 Å². The Kier molecular flexibility index (Phi) is 12.6. The molecule has 0 saturated heterocycles. The van der Waals surface area contributed by atoms with Crippen LogP contribution in [0.5, 0.6) is 0 Å². The number of aryl methyl sites for hydroxylation is 2. The van der Waals surface area contributed by atoms with E-state index in [0.29, 0.717) is 12.0 Å². The van der Waals surface area contributed by atoms with Crippen LogP contribution < -0.4 is 9.80 Å². The van der Waals surface area contributed by atoms with Crippen LogP contribution >= 0.6 is 22.7 Å². The molecule has 0 N–H and O–H groups in total. The second-order valence-electron chi connectivity index (χ2n) is 14.7. The minimum absolute atomic E-state index is 0.266. The van der Waals surface area contributed by atoms with Gasteiger partial charge in [-0.25, -0.2) is 9.59 Å². The summed E-state index contributed by atoms with van der Waals surface area (Å²) >= 11 is 3.58. The summed E-state index contributed by atoms with van der Waals surface area (Å²) in [6.45, 7) is 15.6. The molecular formula is C54H46N2O4S2. The van der Waals surface area contributed by atoms with E-state index in [4.69, 9.17) is 9.47 Å². The molecule has 0 aliphatic heterocycles. The number of hydrogen-bond acceptors (Lipinski definition) is 8. The fourth-order valence-corrected chi connectivity index (χ4v) is 10.3. The fourth-order valence-electron chi connectivity index (χ4n) is 7.51. The van der Waals surface area contributed by atoms with E-state index in [-0.39, 0.29) is 12.4 Å². The molecule has 2 heterocycles. The molecule has 308 valence electrons. The smallest absolute Gasteiger partial charge is 0.335 e. The molecule has 62 heavy (non-hydrogen) atoms. The first kappa shape index (κ1) is 41.7. The van der Waals surface area contributed by atoms with E-state index < -0.39 is 11.9 Å². The van der Waals surface area contributed by atoms with Gasteiger partial charge in [0.1, 0.15) is 15.8 Å². The number of carbonyl (C=O) groups excluding carboxylic acids is 2. The predicted molar refractivity (Wildman–Crippen MR) is 261 cm³/mol. The third-order valence-corrected chi connectivity index (χ3v) is 13.4. The van der Waals surface area contributed by atoms with Crippen LogP contribution in [0.1, 0.15) is 36.1 Å². The highest BCUT2D eigenvalue weighted by atomic mass is 32.1. The summed E-state index contributed by atoms with van der Waals surface area (Å²) in [4.78, 5) is 30.7. The van der Waals surface area contributed by atoms with Gasteiger partial charge >= 0.3 is 11.9 Å². The van der Waals surface area contributed by atoms with Gasteiger partial charge in [0.2, 0.25) is 0 Å². The monoisotopic (exact) mass is 850 g/mol. The number of benzene rings is 6. The van der Waals surface area contributed by atoms with Gasteiger partial charge in [-0.05, 0) is 90.2 Å². The Hall–Kier alpha value is -7.00. The lowest BCUT2D eigenvalue weighted by Crippen LogP contribution is -2.09. The van der Waals surface area contributed by atoms with E-state index in [1.807, 2.05) is 24.3 Å². The molecule has 8 heteroatoms. The van der Waals surface area contributed by atoms with Crippen molar-refractivity contribution in [2.45, 2.75) is 33.1 Å². The molecule has 0 fully saturated rings. The second-order valence-corrected chi connectivity index (χ2v) is 16.7. The van der Waals surface area contributed by atoms with E-state index in [2.05, 4.69) is 165 Å². The van der Waals surface area contributed by atoms with Gasteiger partial charge in [0.15, 0.2) is 0 Å². The first-order chi connectivity index (χ1) is 30.3. The molecule has 8 rings (SSSR count). The maximum absolute atomic E-state index is 12.0. The molecule has 6 nitrogen and oxygen atoms in total. The van der Waals surface area contributed by atoms with Crippen LogP contribution in [0, 0.1) is 0 Å². The van der Waals surface area contributed by atoms with Crippen LogP contribution in [-0.2, 0) is 38.3 Å². The van der Waals surface area contributed by atoms with E-state index in [0.717, 1.165) is 68.0 Å². The summed E-state index contributed by atoms with van der Waals surface area (Å²) in [6.07, 6.45) is 4.83. The maximum Gasteiger partial charge on any atom is 0.335 e. The average molecular weight is 851 g/mol. The molecule has 0 bridgehead atoms. The first-order valence-electron chi connectivity index (χ1n) is 20.6. The molecule has 8 aromatic rings. The summed E-state index contributed by atoms with van der Waals surface area (Å²) in [7, 11) is 0. The van der Waals surface area contributed by atoms with E-state index in [9.17, 15) is 9.59 Å².